The maximum absolute atomic E-state index is 11.2. The molecule has 0 aliphatic carbocycles. The minimum Gasteiger partial charge on any atom is -0.480 e. The number of carbonyl (C=O) groups is 1. The third kappa shape index (κ3) is 2.39. The Labute approximate surface area is 106 Å². The van der Waals surface area contributed by atoms with E-state index in [0.29, 0.717) is 19.7 Å². The normalized spacial score (nSPS) is 21.2. The van der Waals surface area contributed by atoms with E-state index in [1.807, 2.05) is 30.5 Å². The Morgan fingerprint density at radius 3 is 2.83 bits per heavy atom. The molecule has 0 bridgehead atoms. The molecule has 1 aromatic rings. The number of morpholine rings is 1. The van der Waals surface area contributed by atoms with Gasteiger partial charge in [0.1, 0.15) is 6.04 Å². The lowest BCUT2D eigenvalue weighted by Crippen LogP contribution is -2.49. The number of hydrogen-bond donors (Lipinski definition) is 1. The van der Waals surface area contributed by atoms with Gasteiger partial charge in [0, 0.05) is 31.4 Å². The highest BCUT2D eigenvalue weighted by Crippen LogP contribution is 2.18. The first-order valence-corrected chi connectivity index (χ1v) is 6.04. The van der Waals surface area contributed by atoms with Crippen LogP contribution in [-0.4, -0.2) is 51.6 Å². The van der Waals surface area contributed by atoms with E-state index in [2.05, 4.69) is 5.10 Å². The van der Waals surface area contributed by atoms with Crippen LogP contribution in [0, 0.1) is 13.8 Å². The van der Waals surface area contributed by atoms with Crippen molar-refractivity contribution < 1.29 is 14.6 Å². The molecule has 1 aromatic heterocycles. The third-order valence-corrected chi connectivity index (χ3v) is 3.54. The average Bonchev–Trinajstić information content (AvgIpc) is 2.56. The van der Waals surface area contributed by atoms with Gasteiger partial charge in [-0.3, -0.25) is 14.4 Å². The summed E-state index contributed by atoms with van der Waals surface area (Å²) in [7, 11) is 1.90. The first kappa shape index (κ1) is 13.0. The van der Waals surface area contributed by atoms with Crippen molar-refractivity contribution in [3.05, 3.63) is 17.0 Å². The van der Waals surface area contributed by atoms with Crippen molar-refractivity contribution in [2.45, 2.75) is 26.4 Å². The first-order valence-electron chi connectivity index (χ1n) is 6.04. The molecule has 1 aliphatic rings. The standard InChI is InChI=1S/C12H19N3O3/c1-8-10(9(2)14(3)13-8)6-15-4-5-18-7-11(15)12(16)17/h11H,4-7H2,1-3H3,(H,16,17). The number of nitrogens with zero attached hydrogens (tertiary/aromatic N) is 3. The Hall–Kier alpha value is -1.40. The number of carboxylic acid groups (broad SMARTS) is 1. The van der Waals surface area contributed by atoms with E-state index in [0.717, 1.165) is 17.0 Å². The maximum Gasteiger partial charge on any atom is 0.323 e. The summed E-state index contributed by atoms with van der Waals surface area (Å²) in [5, 5.41) is 13.5. The van der Waals surface area contributed by atoms with Gasteiger partial charge < -0.3 is 9.84 Å². The zero-order valence-corrected chi connectivity index (χ0v) is 11.0. The second-order valence-corrected chi connectivity index (χ2v) is 4.67. The lowest BCUT2D eigenvalue weighted by atomic mass is 10.1. The molecule has 6 heteroatoms. The fourth-order valence-electron chi connectivity index (χ4n) is 2.30. The number of rotatable bonds is 3. The minimum absolute atomic E-state index is 0.258. The van der Waals surface area contributed by atoms with Crippen molar-refractivity contribution in [2.24, 2.45) is 7.05 Å². The van der Waals surface area contributed by atoms with Crippen molar-refractivity contribution in [2.75, 3.05) is 19.8 Å². The molecule has 0 aromatic carbocycles. The van der Waals surface area contributed by atoms with E-state index < -0.39 is 12.0 Å². The van der Waals surface area contributed by atoms with E-state index in [-0.39, 0.29) is 6.61 Å². The van der Waals surface area contributed by atoms with Gasteiger partial charge in [0.2, 0.25) is 0 Å². The fourth-order valence-corrected chi connectivity index (χ4v) is 2.30. The second-order valence-electron chi connectivity index (χ2n) is 4.67. The van der Waals surface area contributed by atoms with E-state index in [1.165, 1.54) is 0 Å². The highest BCUT2D eigenvalue weighted by molar-refractivity contribution is 5.73. The molecule has 2 rings (SSSR count). The zero-order chi connectivity index (χ0) is 13.3. The van der Waals surface area contributed by atoms with Crippen molar-refractivity contribution in [1.82, 2.24) is 14.7 Å². The highest BCUT2D eigenvalue weighted by atomic mass is 16.5. The van der Waals surface area contributed by atoms with E-state index in [4.69, 9.17) is 4.74 Å². The Morgan fingerprint density at radius 1 is 1.56 bits per heavy atom. The van der Waals surface area contributed by atoms with Crippen LogP contribution < -0.4 is 0 Å². The number of hydrogen-bond acceptors (Lipinski definition) is 4. The van der Waals surface area contributed by atoms with E-state index in [1.54, 1.807) is 0 Å². The van der Waals surface area contributed by atoms with Gasteiger partial charge in [-0.1, -0.05) is 0 Å². The topological polar surface area (TPSA) is 67.6 Å². The highest BCUT2D eigenvalue weighted by Gasteiger charge is 2.30. The van der Waals surface area contributed by atoms with Crippen LogP contribution in [0.4, 0.5) is 0 Å². The van der Waals surface area contributed by atoms with Gasteiger partial charge in [-0.05, 0) is 13.8 Å². The van der Waals surface area contributed by atoms with Gasteiger partial charge in [0.15, 0.2) is 0 Å². The molecule has 2 heterocycles. The molecule has 100 valence electrons. The molecule has 1 atom stereocenters. The largest absolute Gasteiger partial charge is 0.480 e. The smallest absolute Gasteiger partial charge is 0.323 e. The van der Waals surface area contributed by atoms with Gasteiger partial charge in [-0.2, -0.15) is 5.10 Å². The summed E-state index contributed by atoms with van der Waals surface area (Å²) < 4.78 is 7.07. The fraction of sp³-hybridized carbons (Fsp3) is 0.667. The average molecular weight is 253 g/mol. The molecule has 1 N–H and O–H groups in total. The SMILES string of the molecule is Cc1nn(C)c(C)c1CN1CCOCC1C(=O)O. The van der Waals surface area contributed by atoms with Crippen LogP contribution in [-0.2, 0) is 23.1 Å². The van der Waals surface area contributed by atoms with Crippen LogP contribution in [0.3, 0.4) is 0 Å². The van der Waals surface area contributed by atoms with Gasteiger partial charge in [0.05, 0.1) is 18.9 Å². The van der Waals surface area contributed by atoms with Crippen LogP contribution in [0.15, 0.2) is 0 Å². The number of aromatic nitrogens is 2. The monoisotopic (exact) mass is 253 g/mol. The Kier molecular flexibility index (Phi) is 3.68. The van der Waals surface area contributed by atoms with Crippen LogP contribution in [0.25, 0.3) is 0 Å². The quantitative estimate of drug-likeness (QED) is 0.840. The second kappa shape index (κ2) is 5.07. The number of carboxylic acids is 1. The summed E-state index contributed by atoms with van der Waals surface area (Å²) in [5.74, 6) is -0.825. The van der Waals surface area contributed by atoms with Crippen molar-refractivity contribution in [1.29, 1.82) is 0 Å². The zero-order valence-electron chi connectivity index (χ0n) is 11.0. The lowest BCUT2D eigenvalue weighted by molar-refractivity contribution is -0.150. The molecule has 18 heavy (non-hydrogen) atoms. The molecule has 1 fully saturated rings. The van der Waals surface area contributed by atoms with Crippen LogP contribution in [0.5, 0.6) is 0 Å². The van der Waals surface area contributed by atoms with Gasteiger partial charge >= 0.3 is 5.97 Å². The maximum atomic E-state index is 11.2. The van der Waals surface area contributed by atoms with E-state index in [9.17, 15) is 9.90 Å². The van der Waals surface area contributed by atoms with Crippen molar-refractivity contribution in [3.63, 3.8) is 0 Å². The van der Waals surface area contributed by atoms with Crippen LogP contribution in [0.1, 0.15) is 17.0 Å². The Morgan fingerprint density at radius 2 is 2.28 bits per heavy atom. The predicted molar refractivity (Wildman–Crippen MR) is 65.3 cm³/mol. The lowest BCUT2D eigenvalue weighted by Gasteiger charge is -2.32. The summed E-state index contributed by atoms with van der Waals surface area (Å²) in [6, 6.07) is -0.558. The van der Waals surface area contributed by atoms with E-state index >= 15 is 0 Å². The molecule has 1 unspecified atom stereocenters. The van der Waals surface area contributed by atoms with Gasteiger partial charge in [0.25, 0.3) is 0 Å². The number of aliphatic carboxylic acids is 1. The summed E-state index contributed by atoms with van der Waals surface area (Å²) in [4.78, 5) is 13.1. The summed E-state index contributed by atoms with van der Waals surface area (Å²) in [6.45, 7) is 6.07. The molecular weight excluding hydrogens is 234 g/mol. The molecule has 0 radical (unpaired) electrons. The first-order chi connectivity index (χ1) is 8.50. The molecule has 6 nitrogen and oxygen atoms in total. The summed E-state index contributed by atoms with van der Waals surface area (Å²) in [5.41, 5.74) is 3.17. The Bertz CT molecular complexity index is 456. The number of aryl methyl sites for hydroxylation is 2. The molecule has 0 saturated carbocycles. The molecule has 1 saturated heterocycles. The molecular formula is C12H19N3O3. The predicted octanol–water partition coefficient (Wildman–Crippen LogP) is 0.322. The number of ether oxygens (including phenoxy) is 1. The van der Waals surface area contributed by atoms with Crippen molar-refractivity contribution >= 4 is 5.97 Å². The van der Waals surface area contributed by atoms with Crippen molar-refractivity contribution in [3.8, 4) is 0 Å². The molecule has 0 amide bonds. The van der Waals surface area contributed by atoms with Gasteiger partial charge in [-0.25, -0.2) is 0 Å². The minimum atomic E-state index is -0.825. The van der Waals surface area contributed by atoms with Gasteiger partial charge in [-0.15, -0.1) is 0 Å². The third-order valence-electron chi connectivity index (χ3n) is 3.54. The van der Waals surface area contributed by atoms with Crippen LogP contribution >= 0.6 is 0 Å². The molecule has 0 spiro atoms. The summed E-state index contributed by atoms with van der Waals surface area (Å²) in [6.07, 6.45) is 0. The Balaban J connectivity index is 2.18. The van der Waals surface area contributed by atoms with Crippen LogP contribution in [0.2, 0.25) is 0 Å². The molecule has 1 aliphatic heterocycles. The summed E-state index contributed by atoms with van der Waals surface area (Å²) >= 11 is 0.